The summed E-state index contributed by atoms with van der Waals surface area (Å²) >= 11 is 0. The van der Waals surface area contributed by atoms with Gasteiger partial charge in [0, 0.05) is 6.20 Å². The average Bonchev–Trinajstić information content (AvgIpc) is 2.54. The number of carbonyl (C=O) groups excluding carboxylic acids is 2. The molecule has 0 aliphatic carbocycles. The van der Waals surface area contributed by atoms with E-state index in [4.69, 9.17) is 9.05 Å². The standard InChI is InChI=1S/C11H24NO3P.C4H5NO2/c1-4-14-16(15-5-2)10-6-7-11(13)8-9-12-3;6-3-1-2-5-4-7/h6,10-13H,4-5,7-9H2,1-3H3;1-4H,(H,5,7)/b10-6+;2-1-. The minimum absolute atomic E-state index is 0.288. The van der Waals surface area contributed by atoms with E-state index in [1.54, 1.807) is 0 Å². The van der Waals surface area contributed by atoms with Gasteiger partial charge in [-0.2, -0.15) is 0 Å². The number of hydrogen-bond donors (Lipinski definition) is 3. The van der Waals surface area contributed by atoms with E-state index in [0.717, 1.165) is 13.0 Å². The van der Waals surface area contributed by atoms with Crippen molar-refractivity contribution >= 4 is 21.1 Å². The van der Waals surface area contributed by atoms with E-state index in [-0.39, 0.29) is 6.10 Å². The predicted octanol–water partition coefficient (Wildman–Crippen LogP) is 1.69. The summed E-state index contributed by atoms with van der Waals surface area (Å²) in [5.41, 5.74) is 0. The molecule has 7 nitrogen and oxygen atoms in total. The predicted molar refractivity (Wildman–Crippen MR) is 92.9 cm³/mol. The smallest absolute Gasteiger partial charge is 0.211 e. The molecular formula is C15H29N2O5P. The molecule has 23 heavy (non-hydrogen) atoms. The third-order valence-electron chi connectivity index (χ3n) is 2.21. The highest BCUT2D eigenvalue weighted by Crippen LogP contribution is 2.39. The molecule has 1 atom stereocenters. The average molecular weight is 348 g/mol. The first kappa shape index (κ1) is 24.1. The van der Waals surface area contributed by atoms with Gasteiger partial charge in [0.1, 0.15) is 6.29 Å². The Morgan fingerprint density at radius 3 is 2.35 bits per heavy atom. The third-order valence-corrected chi connectivity index (χ3v) is 3.69. The van der Waals surface area contributed by atoms with E-state index in [1.807, 2.05) is 32.8 Å². The minimum atomic E-state index is -0.912. The fourth-order valence-corrected chi connectivity index (χ4v) is 2.29. The second-order valence-corrected chi connectivity index (χ2v) is 5.45. The number of rotatable bonds is 13. The lowest BCUT2D eigenvalue weighted by molar-refractivity contribution is -0.108. The number of nitrogens with one attached hydrogen (secondary N) is 2. The van der Waals surface area contributed by atoms with Crippen molar-refractivity contribution in [1.82, 2.24) is 10.6 Å². The molecule has 0 spiro atoms. The summed E-state index contributed by atoms with van der Waals surface area (Å²) in [5, 5.41) is 14.8. The Hall–Kier alpha value is -1.11. The molecule has 0 aromatic heterocycles. The topological polar surface area (TPSA) is 96.9 Å². The van der Waals surface area contributed by atoms with E-state index in [1.165, 1.54) is 12.3 Å². The van der Waals surface area contributed by atoms with Crippen LogP contribution < -0.4 is 10.6 Å². The maximum absolute atomic E-state index is 9.59. The largest absolute Gasteiger partial charge is 0.393 e. The highest BCUT2D eigenvalue weighted by atomic mass is 31.2. The van der Waals surface area contributed by atoms with Gasteiger partial charge in [-0.05, 0) is 52.2 Å². The van der Waals surface area contributed by atoms with Crippen LogP contribution >= 0.6 is 8.38 Å². The molecule has 0 heterocycles. The monoisotopic (exact) mass is 348 g/mol. The van der Waals surface area contributed by atoms with E-state index in [9.17, 15) is 14.7 Å². The van der Waals surface area contributed by atoms with Crippen LogP contribution in [0.5, 0.6) is 0 Å². The van der Waals surface area contributed by atoms with Crippen LogP contribution in [0.4, 0.5) is 0 Å². The second kappa shape index (κ2) is 20.9. The summed E-state index contributed by atoms with van der Waals surface area (Å²) in [6.45, 7) is 6.03. The molecule has 0 saturated carbocycles. The molecule has 134 valence electrons. The van der Waals surface area contributed by atoms with E-state index < -0.39 is 8.38 Å². The van der Waals surface area contributed by atoms with Gasteiger partial charge < -0.3 is 24.8 Å². The summed E-state index contributed by atoms with van der Waals surface area (Å²) in [5.74, 6) is 1.92. The second-order valence-electron chi connectivity index (χ2n) is 4.07. The van der Waals surface area contributed by atoms with Crippen molar-refractivity contribution < 1.29 is 23.7 Å². The lowest BCUT2D eigenvalue weighted by Crippen LogP contribution is -2.15. The molecule has 0 aliphatic heterocycles. The van der Waals surface area contributed by atoms with Gasteiger partial charge in [-0.3, -0.25) is 9.59 Å². The molecule has 0 fully saturated rings. The zero-order valence-corrected chi connectivity index (χ0v) is 15.0. The highest BCUT2D eigenvalue weighted by Gasteiger charge is 2.04. The number of aliphatic hydroxyl groups is 1. The molecule has 0 bridgehead atoms. The lowest BCUT2D eigenvalue weighted by atomic mass is 10.2. The number of aldehydes is 1. The van der Waals surface area contributed by atoms with E-state index in [0.29, 0.717) is 32.3 Å². The van der Waals surface area contributed by atoms with Gasteiger partial charge in [0.25, 0.3) is 0 Å². The van der Waals surface area contributed by atoms with Gasteiger partial charge in [-0.15, -0.1) is 0 Å². The molecule has 0 aliphatic rings. The van der Waals surface area contributed by atoms with Crippen molar-refractivity contribution in [3.63, 3.8) is 0 Å². The Morgan fingerprint density at radius 2 is 1.87 bits per heavy atom. The van der Waals surface area contributed by atoms with Crippen LogP contribution in [0.15, 0.2) is 24.2 Å². The maximum atomic E-state index is 9.59. The number of aliphatic hydroxyl groups excluding tert-OH is 1. The van der Waals surface area contributed by atoms with Gasteiger partial charge in [0.15, 0.2) is 8.38 Å². The molecule has 1 unspecified atom stereocenters. The van der Waals surface area contributed by atoms with Crippen molar-refractivity contribution in [2.45, 2.75) is 32.8 Å². The van der Waals surface area contributed by atoms with Gasteiger partial charge in [0.2, 0.25) is 6.41 Å². The van der Waals surface area contributed by atoms with Gasteiger partial charge in [0.05, 0.1) is 19.3 Å². The molecule has 0 aromatic carbocycles. The van der Waals surface area contributed by atoms with Crippen LogP contribution in [-0.2, 0) is 18.6 Å². The van der Waals surface area contributed by atoms with Crippen molar-refractivity contribution in [2.24, 2.45) is 0 Å². The minimum Gasteiger partial charge on any atom is -0.393 e. The van der Waals surface area contributed by atoms with Gasteiger partial charge in [-0.25, -0.2) is 0 Å². The molecule has 1 amide bonds. The fraction of sp³-hybridized carbons (Fsp3) is 0.600. The Bertz CT molecular complexity index is 321. The van der Waals surface area contributed by atoms with Crippen molar-refractivity contribution in [2.75, 3.05) is 26.8 Å². The molecule has 3 N–H and O–H groups in total. The summed E-state index contributed by atoms with van der Waals surface area (Å²) < 4.78 is 10.8. The molecule has 8 heteroatoms. The quantitative estimate of drug-likeness (QED) is 0.266. The summed E-state index contributed by atoms with van der Waals surface area (Å²) in [7, 11) is 0.969. The molecule has 0 aromatic rings. The van der Waals surface area contributed by atoms with Gasteiger partial charge >= 0.3 is 0 Å². The number of carbonyl (C=O) groups is 2. The van der Waals surface area contributed by atoms with Crippen LogP contribution in [-0.4, -0.2) is 50.7 Å². The normalized spacial score (nSPS) is 12.2. The van der Waals surface area contributed by atoms with Crippen LogP contribution in [0.25, 0.3) is 0 Å². The Balaban J connectivity index is 0. The van der Waals surface area contributed by atoms with Crippen LogP contribution in [0.3, 0.4) is 0 Å². The fourth-order valence-electron chi connectivity index (χ4n) is 1.24. The van der Waals surface area contributed by atoms with Crippen LogP contribution in [0.1, 0.15) is 26.7 Å². The summed E-state index contributed by atoms with van der Waals surface area (Å²) in [4.78, 5) is 18.8. The molecular weight excluding hydrogens is 319 g/mol. The SMILES string of the molecule is CCOP(/C=C/CC(O)CCNC)OCC.O=C/C=C\NC=O. The first-order valence-electron chi connectivity index (χ1n) is 7.50. The Labute approximate surface area is 140 Å². The molecule has 0 radical (unpaired) electrons. The zero-order chi connectivity index (χ0) is 17.8. The first-order valence-corrected chi connectivity index (χ1v) is 8.75. The number of allylic oxidation sites excluding steroid dienone is 1. The highest BCUT2D eigenvalue weighted by molar-refractivity contribution is 7.50. The van der Waals surface area contributed by atoms with Crippen LogP contribution in [0, 0.1) is 0 Å². The van der Waals surface area contributed by atoms with Crippen molar-refractivity contribution in [3.8, 4) is 0 Å². The lowest BCUT2D eigenvalue weighted by Gasteiger charge is -2.11. The van der Waals surface area contributed by atoms with Crippen molar-refractivity contribution in [3.05, 3.63) is 24.2 Å². The van der Waals surface area contributed by atoms with Crippen LogP contribution in [0.2, 0.25) is 0 Å². The van der Waals surface area contributed by atoms with E-state index in [2.05, 4.69) is 10.6 Å². The van der Waals surface area contributed by atoms with E-state index >= 15 is 0 Å². The maximum Gasteiger partial charge on any atom is 0.211 e. The zero-order valence-electron chi connectivity index (χ0n) is 14.1. The molecule has 0 rings (SSSR count). The first-order chi connectivity index (χ1) is 11.2. The van der Waals surface area contributed by atoms with Gasteiger partial charge in [-0.1, -0.05) is 6.08 Å². The number of hydrogen-bond acceptors (Lipinski definition) is 6. The molecule has 0 saturated heterocycles. The third kappa shape index (κ3) is 20.9. The Morgan fingerprint density at radius 1 is 1.22 bits per heavy atom. The Kier molecular flexibility index (Phi) is 21.9. The van der Waals surface area contributed by atoms with Crippen molar-refractivity contribution in [1.29, 1.82) is 0 Å². The summed E-state index contributed by atoms with van der Waals surface area (Å²) in [6.07, 6.45) is 6.58. The number of amides is 1. The summed E-state index contributed by atoms with van der Waals surface area (Å²) in [6, 6.07) is 0.